The Hall–Kier alpha value is -1.29. The fourth-order valence-corrected chi connectivity index (χ4v) is 2.25. The molecule has 0 aliphatic carbocycles. The molecule has 2 N–H and O–H groups in total. The molecule has 0 radical (unpaired) electrons. The predicted octanol–water partition coefficient (Wildman–Crippen LogP) is 1.98. The van der Waals surface area contributed by atoms with E-state index in [4.69, 9.17) is 10.5 Å². The van der Waals surface area contributed by atoms with Gasteiger partial charge in [0.1, 0.15) is 0 Å². The maximum atomic E-state index is 5.98. The molecule has 0 spiro atoms. The van der Waals surface area contributed by atoms with Crippen molar-refractivity contribution < 1.29 is 4.74 Å². The quantitative estimate of drug-likeness (QED) is 0.870. The largest absolute Gasteiger partial charge is 0.396 e. The van der Waals surface area contributed by atoms with Crippen molar-refractivity contribution in [3.05, 3.63) is 17.8 Å². The van der Waals surface area contributed by atoms with Crippen molar-refractivity contribution >= 4 is 11.5 Å². The van der Waals surface area contributed by atoms with Crippen LogP contribution in [0.3, 0.4) is 0 Å². The number of anilines is 2. The van der Waals surface area contributed by atoms with Crippen LogP contribution in [0.15, 0.2) is 12.3 Å². The van der Waals surface area contributed by atoms with Gasteiger partial charge in [-0.3, -0.25) is 0 Å². The molecule has 4 heteroatoms. The highest BCUT2D eigenvalue weighted by Gasteiger charge is 2.17. The number of hydrogen-bond acceptors (Lipinski definition) is 4. The molecule has 0 bridgehead atoms. The maximum Gasteiger partial charge on any atom is 0.151 e. The summed E-state index contributed by atoms with van der Waals surface area (Å²) in [6, 6.07) is 1.96. The Morgan fingerprint density at radius 2 is 2.35 bits per heavy atom. The lowest BCUT2D eigenvalue weighted by Crippen LogP contribution is -2.34. The van der Waals surface area contributed by atoms with Crippen LogP contribution in [0, 0.1) is 6.92 Å². The Labute approximate surface area is 103 Å². The van der Waals surface area contributed by atoms with E-state index in [1.807, 2.05) is 26.2 Å². The number of ether oxygens (including phenoxy) is 1. The standard InChI is InChI=1S/C13H21N3O/c1-10-7-12(14)13(15-8-10)16(2)9-11-5-3-4-6-17-11/h7-8,11H,3-6,9,14H2,1-2H3. The fraction of sp³-hybridized carbons (Fsp3) is 0.615. The summed E-state index contributed by atoms with van der Waals surface area (Å²) >= 11 is 0. The number of rotatable bonds is 3. The Bertz CT molecular complexity index is 375. The van der Waals surface area contributed by atoms with E-state index in [1.54, 1.807) is 0 Å². The maximum absolute atomic E-state index is 5.98. The first kappa shape index (κ1) is 12.2. The van der Waals surface area contributed by atoms with Gasteiger partial charge in [-0.2, -0.15) is 0 Å². The van der Waals surface area contributed by atoms with Gasteiger partial charge < -0.3 is 15.4 Å². The summed E-state index contributed by atoms with van der Waals surface area (Å²) < 4.78 is 5.72. The Morgan fingerprint density at radius 3 is 3.00 bits per heavy atom. The molecule has 1 aromatic rings. The number of likely N-dealkylation sites (N-methyl/N-ethyl adjacent to an activating group) is 1. The Morgan fingerprint density at radius 1 is 1.53 bits per heavy atom. The summed E-state index contributed by atoms with van der Waals surface area (Å²) in [6.07, 6.45) is 5.75. The number of pyridine rings is 1. The van der Waals surface area contributed by atoms with Gasteiger partial charge >= 0.3 is 0 Å². The van der Waals surface area contributed by atoms with Crippen LogP contribution in [-0.4, -0.2) is 31.3 Å². The average molecular weight is 235 g/mol. The van der Waals surface area contributed by atoms with E-state index in [2.05, 4.69) is 9.88 Å². The summed E-state index contributed by atoms with van der Waals surface area (Å²) in [5, 5.41) is 0. The molecule has 2 rings (SSSR count). The number of aryl methyl sites for hydroxylation is 1. The van der Waals surface area contributed by atoms with Crippen molar-refractivity contribution in [2.45, 2.75) is 32.3 Å². The van der Waals surface area contributed by atoms with Crippen LogP contribution in [0.25, 0.3) is 0 Å². The van der Waals surface area contributed by atoms with Gasteiger partial charge in [-0.1, -0.05) is 0 Å². The molecule has 0 amide bonds. The fourth-order valence-electron chi connectivity index (χ4n) is 2.25. The van der Waals surface area contributed by atoms with E-state index in [0.29, 0.717) is 6.10 Å². The number of nitrogens with zero attached hydrogens (tertiary/aromatic N) is 2. The van der Waals surface area contributed by atoms with Gasteiger partial charge in [0.25, 0.3) is 0 Å². The van der Waals surface area contributed by atoms with Crippen LogP contribution in [-0.2, 0) is 4.74 Å². The van der Waals surface area contributed by atoms with E-state index in [-0.39, 0.29) is 0 Å². The first-order valence-corrected chi connectivity index (χ1v) is 6.21. The van der Waals surface area contributed by atoms with Crippen LogP contribution in [0.4, 0.5) is 11.5 Å². The summed E-state index contributed by atoms with van der Waals surface area (Å²) in [6.45, 7) is 3.74. The van der Waals surface area contributed by atoms with Gasteiger partial charge in [0.15, 0.2) is 5.82 Å². The highest BCUT2D eigenvalue weighted by molar-refractivity contribution is 5.62. The molecule has 1 unspecified atom stereocenters. The van der Waals surface area contributed by atoms with Crippen LogP contribution in [0.1, 0.15) is 24.8 Å². The van der Waals surface area contributed by atoms with Gasteiger partial charge in [0.05, 0.1) is 11.8 Å². The molecule has 0 saturated carbocycles. The average Bonchev–Trinajstić information content (AvgIpc) is 2.30. The predicted molar refractivity (Wildman–Crippen MR) is 70.2 cm³/mol. The third-order valence-corrected chi connectivity index (χ3v) is 3.14. The molecule has 94 valence electrons. The van der Waals surface area contributed by atoms with E-state index in [0.717, 1.165) is 36.6 Å². The second-order valence-corrected chi connectivity index (χ2v) is 4.79. The minimum Gasteiger partial charge on any atom is -0.396 e. The van der Waals surface area contributed by atoms with Gasteiger partial charge in [-0.15, -0.1) is 0 Å². The molecule has 17 heavy (non-hydrogen) atoms. The molecular formula is C13H21N3O. The summed E-state index contributed by atoms with van der Waals surface area (Å²) in [5.74, 6) is 0.852. The van der Waals surface area contributed by atoms with Crippen molar-refractivity contribution in [3.63, 3.8) is 0 Å². The lowest BCUT2D eigenvalue weighted by atomic mass is 10.1. The second-order valence-electron chi connectivity index (χ2n) is 4.79. The molecular weight excluding hydrogens is 214 g/mol. The first-order valence-electron chi connectivity index (χ1n) is 6.21. The van der Waals surface area contributed by atoms with Crippen LogP contribution in [0.2, 0.25) is 0 Å². The highest BCUT2D eigenvalue weighted by atomic mass is 16.5. The van der Waals surface area contributed by atoms with Crippen molar-refractivity contribution in [3.8, 4) is 0 Å². The summed E-state index contributed by atoms with van der Waals surface area (Å²) in [7, 11) is 2.02. The van der Waals surface area contributed by atoms with Crippen molar-refractivity contribution in [1.82, 2.24) is 4.98 Å². The van der Waals surface area contributed by atoms with Gasteiger partial charge in [-0.05, 0) is 37.8 Å². The molecule has 4 nitrogen and oxygen atoms in total. The lowest BCUT2D eigenvalue weighted by Gasteiger charge is -2.28. The lowest BCUT2D eigenvalue weighted by molar-refractivity contribution is 0.0215. The van der Waals surface area contributed by atoms with Crippen molar-refractivity contribution in [2.24, 2.45) is 0 Å². The monoisotopic (exact) mass is 235 g/mol. The van der Waals surface area contributed by atoms with E-state index in [1.165, 1.54) is 12.8 Å². The Balaban J connectivity index is 2.00. The SMILES string of the molecule is Cc1cnc(N(C)CC2CCCCO2)c(N)c1. The molecule has 1 aromatic heterocycles. The zero-order valence-corrected chi connectivity index (χ0v) is 10.6. The molecule has 2 heterocycles. The zero-order valence-electron chi connectivity index (χ0n) is 10.6. The zero-order chi connectivity index (χ0) is 12.3. The normalized spacial score (nSPS) is 20.2. The smallest absolute Gasteiger partial charge is 0.151 e. The minimum absolute atomic E-state index is 0.316. The third kappa shape index (κ3) is 3.09. The molecule has 0 aromatic carbocycles. The second kappa shape index (κ2) is 5.36. The number of nitrogens with two attached hydrogens (primary N) is 1. The van der Waals surface area contributed by atoms with E-state index < -0.39 is 0 Å². The van der Waals surface area contributed by atoms with Crippen molar-refractivity contribution in [1.29, 1.82) is 0 Å². The van der Waals surface area contributed by atoms with E-state index in [9.17, 15) is 0 Å². The number of hydrogen-bond donors (Lipinski definition) is 1. The Kier molecular flexibility index (Phi) is 3.84. The number of nitrogen functional groups attached to an aromatic ring is 1. The minimum atomic E-state index is 0.316. The molecule has 1 fully saturated rings. The first-order chi connectivity index (χ1) is 8.16. The van der Waals surface area contributed by atoms with Crippen LogP contribution >= 0.6 is 0 Å². The van der Waals surface area contributed by atoms with Crippen LogP contribution < -0.4 is 10.6 Å². The van der Waals surface area contributed by atoms with Gasteiger partial charge in [0.2, 0.25) is 0 Å². The molecule has 1 atom stereocenters. The van der Waals surface area contributed by atoms with Crippen molar-refractivity contribution in [2.75, 3.05) is 30.8 Å². The van der Waals surface area contributed by atoms with Gasteiger partial charge in [0, 0.05) is 26.4 Å². The third-order valence-electron chi connectivity index (χ3n) is 3.14. The summed E-state index contributed by atoms with van der Waals surface area (Å²) in [5.41, 5.74) is 7.81. The molecule has 1 aliphatic rings. The summed E-state index contributed by atoms with van der Waals surface area (Å²) in [4.78, 5) is 6.48. The number of aromatic nitrogens is 1. The van der Waals surface area contributed by atoms with Gasteiger partial charge in [-0.25, -0.2) is 4.98 Å². The van der Waals surface area contributed by atoms with Crippen LogP contribution in [0.5, 0.6) is 0 Å². The van der Waals surface area contributed by atoms with E-state index >= 15 is 0 Å². The molecule has 1 saturated heterocycles. The topological polar surface area (TPSA) is 51.4 Å². The molecule has 1 aliphatic heterocycles. The highest BCUT2D eigenvalue weighted by Crippen LogP contribution is 2.22.